The zero-order chi connectivity index (χ0) is 13.7. The van der Waals surface area contributed by atoms with Crippen LogP contribution in [0.5, 0.6) is 0 Å². The molecule has 0 aliphatic carbocycles. The number of hydrogen-bond acceptors (Lipinski definition) is 3. The van der Waals surface area contributed by atoms with Gasteiger partial charge in [-0.1, -0.05) is 24.3 Å². The molecule has 1 saturated heterocycles. The average molecular weight is 263 g/mol. The number of rotatable bonds is 5. The fourth-order valence-electron chi connectivity index (χ4n) is 2.85. The van der Waals surface area contributed by atoms with Crippen LogP contribution in [-0.2, 0) is 4.74 Å². The number of likely N-dealkylation sites (tertiary alicyclic amines) is 1. The van der Waals surface area contributed by atoms with Gasteiger partial charge in [0, 0.05) is 19.7 Å². The van der Waals surface area contributed by atoms with Gasteiger partial charge in [-0.2, -0.15) is 0 Å². The number of benzene rings is 1. The molecule has 1 aliphatic rings. The Labute approximate surface area is 116 Å². The van der Waals surface area contributed by atoms with Crippen LogP contribution in [0.15, 0.2) is 24.3 Å². The third-order valence-corrected chi connectivity index (χ3v) is 3.84. The molecule has 2 unspecified atom stereocenters. The van der Waals surface area contributed by atoms with Crippen LogP contribution in [-0.4, -0.2) is 42.4 Å². The highest BCUT2D eigenvalue weighted by Crippen LogP contribution is 2.21. The molecule has 19 heavy (non-hydrogen) atoms. The molecule has 3 nitrogen and oxygen atoms in total. The Kier molecular flexibility index (Phi) is 5.37. The highest BCUT2D eigenvalue weighted by Gasteiger charge is 2.22. The maximum Gasteiger partial charge on any atom is 0.0919 e. The molecule has 0 spiro atoms. The van der Waals surface area contributed by atoms with E-state index in [4.69, 9.17) is 4.74 Å². The molecular formula is C16H25NO2. The van der Waals surface area contributed by atoms with E-state index in [-0.39, 0.29) is 0 Å². The summed E-state index contributed by atoms with van der Waals surface area (Å²) < 4.78 is 5.70. The summed E-state index contributed by atoms with van der Waals surface area (Å²) in [6.45, 7) is 7.58. The lowest BCUT2D eigenvalue weighted by Crippen LogP contribution is -2.41. The summed E-state index contributed by atoms with van der Waals surface area (Å²) in [4.78, 5) is 2.32. The molecule has 3 heteroatoms. The van der Waals surface area contributed by atoms with E-state index in [1.807, 2.05) is 25.1 Å². The van der Waals surface area contributed by atoms with Crippen molar-refractivity contribution < 1.29 is 9.84 Å². The largest absolute Gasteiger partial charge is 0.387 e. The minimum atomic E-state index is -0.401. The second kappa shape index (κ2) is 7.04. The molecule has 1 aromatic rings. The molecule has 1 aliphatic heterocycles. The molecule has 2 atom stereocenters. The monoisotopic (exact) mass is 263 g/mol. The quantitative estimate of drug-likeness (QED) is 0.886. The Morgan fingerprint density at radius 1 is 1.42 bits per heavy atom. The van der Waals surface area contributed by atoms with E-state index in [0.717, 1.165) is 43.7 Å². The standard InChI is InChI=1S/C16H25NO2/c1-3-19-14-8-6-10-17(11-14)12-16(18)15-9-5-4-7-13(15)2/h4-5,7,9,14,16,18H,3,6,8,10-12H2,1-2H3. The summed E-state index contributed by atoms with van der Waals surface area (Å²) in [7, 11) is 0. The van der Waals surface area contributed by atoms with Gasteiger partial charge in [0.15, 0.2) is 0 Å². The van der Waals surface area contributed by atoms with Crippen LogP contribution in [0.25, 0.3) is 0 Å². The molecule has 1 heterocycles. The van der Waals surface area contributed by atoms with E-state index < -0.39 is 6.10 Å². The second-order valence-corrected chi connectivity index (χ2v) is 5.35. The van der Waals surface area contributed by atoms with E-state index >= 15 is 0 Å². The predicted molar refractivity (Wildman–Crippen MR) is 77.2 cm³/mol. The van der Waals surface area contributed by atoms with Gasteiger partial charge in [-0.15, -0.1) is 0 Å². The van der Waals surface area contributed by atoms with Crippen molar-refractivity contribution in [3.8, 4) is 0 Å². The molecule has 1 N–H and O–H groups in total. The maximum atomic E-state index is 10.4. The lowest BCUT2D eigenvalue weighted by atomic mass is 10.0. The topological polar surface area (TPSA) is 32.7 Å². The van der Waals surface area contributed by atoms with Crippen molar-refractivity contribution in [1.82, 2.24) is 4.90 Å². The number of aryl methyl sites for hydroxylation is 1. The number of piperidine rings is 1. The number of β-amino-alcohol motifs (C(OH)–C–C–N with tert-alkyl or cyclic N) is 1. The van der Waals surface area contributed by atoms with E-state index in [1.54, 1.807) is 0 Å². The molecule has 0 aromatic heterocycles. The zero-order valence-corrected chi connectivity index (χ0v) is 12.0. The smallest absolute Gasteiger partial charge is 0.0919 e. The molecule has 0 radical (unpaired) electrons. The summed E-state index contributed by atoms with van der Waals surface area (Å²) in [6, 6.07) is 8.07. The first-order chi connectivity index (χ1) is 9.20. The van der Waals surface area contributed by atoms with Gasteiger partial charge in [0.1, 0.15) is 0 Å². The molecule has 1 fully saturated rings. The maximum absolute atomic E-state index is 10.4. The van der Waals surface area contributed by atoms with Gasteiger partial charge in [-0.05, 0) is 44.4 Å². The number of ether oxygens (including phenoxy) is 1. The van der Waals surface area contributed by atoms with E-state index in [9.17, 15) is 5.11 Å². The average Bonchev–Trinajstić information content (AvgIpc) is 2.40. The van der Waals surface area contributed by atoms with E-state index in [1.165, 1.54) is 0 Å². The van der Waals surface area contributed by atoms with Gasteiger partial charge in [-0.25, -0.2) is 0 Å². The van der Waals surface area contributed by atoms with Crippen LogP contribution >= 0.6 is 0 Å². The fraction of sp³-hybridized carbons (Fsp3) is 0.625. The first-order valence-corrected chi connectivity index (χ1v) is 7.28. The van der Waals surface area contributed by atoms with Gasteiger partial charge >= 0.3 is 0 Å². The molecule has 2 rings (SSSR count). The minimum Gasteiger partial charge on any atom is -0.387 e. The molecule has 0 bridgehead atoms. The van der Waals surface area contributed by atoms with Crippen molar-refractivity contribution in [2.45, 2.75) is 38.9 Å². The Hall–Kier alpha value is -0.900. The second-order valence-electron chi connectivity index (χ2n) is 5.35. The normalized spacial score (nSPS) is 22.4. The highest BCUT2D eigenvalue weighted by atomic mass is 16.5. The van der Waals surface area contributed by atoms with Gasteiger partial charge in [0.05, 0.1) is 12.2 Å². The van der Waals surface area contributed by atoms with Crippen molar-refractivity contribution in [3.05, 3.63) is 35.4 Å². The van der Waals surface area contributed by atoms with Crippen molar-refractivity contribution in [2.75, 3.05) is 26.2 Å². The van der Waals surface area contributed by atoms with E-state index in [2.05, 4.69) is 17.9 Å². The highest BCUT2D eigenvalue weighted by molar-refractivity contribution is 5.27. The van der Waals surface area contributed by atoms with Crippen LogP contribution in [0, 0.1) is 6.92 Å². The summed E-state index contributed by atoms with van der Waals surface area (Å²) in [5, 5.41) is 10.4. The van der Waals surface area contributed by atoms with Crippen LogP contribution in [0.2, 0.25) is 0 Å². The lowest BCUT2D eigenvalue weighted by molar-refractivity contribution is -0.00711. The summed E-state index contributed by atoms with van der Waals surface area (Å²) in [6.07, 6.45) is 2.24. The SMILES string of the molecule is CCOC1CCCN(CC(O)c2ccccc2C)C1. The zero-order valence-electron chi connectivity index (χ0n) is 12.0. The van der Waals surface area contributed by atoms with Gasteiger partial charge in [0.2, 0.25) is 0 Å². The Morgan fingerprint density at radius 3 is 2.95 bits per heavy atom. The van der Waals surface area contributed by atoms with Crippen LogP contribution < -0.4 is 0 Å². The number of nitrogens with zero attached hydrogens (tertiary/aromatic N) is 1. The van der Waals surface area contributed by atoms with Crippen LogP contribution in [0.4, 0.5) is 0 Å². The summed E-state index contributed by atoms with van der Waals surface area (Å²) in [5.41, 5.74) is 2.20. The van der Waals surface area contributed by atoms with Gasteiger partial charge < -0.3 is 9.84 Å². The Balaban J connectivity index is 1.91. The van der Waals surface area contributed by atoms with Gasteiger partial charge in [0.25, 0.3) is 0 Å². The van der Waals surface area contributed by atoms with Crippen LogP contribution in [0.3, 0.4) is 0 Å². The van der Waals surface area contributed by atoms with E-state index in [0.29, 0.717) is 12.6 Å². The van der Waals surface area contributed by atoms with Crippen molar-refractivity contribution in [1.29, 1.82) is 0 Å². The Morgan fingerprint density at radius 2 is 2.21 bits per heavy atom. The Bertz CT molecular complexity index is 392. The molecule has 0 amide bonds. The molecule has 0 saturated carbocycles. The first kappa shape index (κ1) is 14.5. The van der Waals surface area contributed by atoms with Crippen LogP contribution in [0.1, 0.15) is 37.0 Å². The molecular weight excluding hydrogens is 238 g/mol. The van der Waals surface area contributed by atoms with Crippen molar-refractivity contribution in [2.24, 2.45) is 0 Å². The summed E-state index contributed by atoms with van der Waals surface area (Å²) >= 11 is 0. The first-order valence-electron chi connectivity index (χ1n) is 7.28. The van der Waals surface area contributed by atoms with Crippen molar-refractivity contribution in [3.63, 3.8) is 0 Å². The number of aliphatic hydroxyl groups is 1. The third-order valence-electron chi connectivity index (χ3n) is 3.84. The number of hydrogen-bond donors (Lipinski definition) is 1. The van der Waals surface area contributed by atoms with Crippen molar-refractivity contribution >= 4 is 0 Å². The minimum absolute atomic E-state index is 0.336. The predicted octanol–water partition coefficient (Wildman–Crippen LogP) is 2.53. The lowest BCUT2D eigenvalue weighted by Gasteiger charge is -2.33. The summed E-state index contributed by atoms with van der Waals surface area (Å²) in [5.74, 6) is 0. The molecule has 106 valence electrons. The number of aliphatic hydroxyl groups excluding tert-OH is 1. The molecule has 1 aromatic carbocycles. The van der Waals surface area contributed by atoms with Gasteiger partial charge in [-0.3, -0.25) is 4.90 Å². The third kappa shape index (κ3) is 4.03. The fourth-order valence-corrected chi connectivity index (χ4v) is 2.85.